The van der Waals surface area contributed by atoms with Crippen LogP contribution in [0.2, 0.25) is 0 Å². The first-order valence-electron chi connectivity index (χ1n) is 5.71. The Morgan fingerprint density at radius 2 is 0.545 bits per heavy atom. The van der Waals surface area contributed by atoms with Gasteiger partial charge in [0.15, 0.2) is 0 Å². The van der Waals surface area contributed by atoms with Crippen LogP contribution in [0.15, 0.2) is 0 Å². The monoisotopic (exact) mass is 468 g/mol. The van der Waals surface area contributed by atoms with Gasteiger partial charge in [0.05, 0.1) is 52.9 Å². The van der Waals surface area contributed by atoms with Gasteiger partial charge in [-0.2, -0.15) is 0 Å². The van der Waals surface area contributed by atoms with Crippen LogP contribution in [0.1, 0.15) is 0 Å². The Labute approximate surface area is 131 Å². The van der Waals surface area contributed by atoms with Gasteiger partial charge in [0.25, 0.3) is 0 Å². The van der Waals surface area contributed by atoms with Crippen LogP contribution in [-0.4, -0.2) is 96.3 Å². The minimum absolute atomic E-state index is 0.778. The van der Waals surface area contributed by atoms with E-state index >= 15 is 0 Å². The quantitative estimate of drug-likeness (QED) is 0.260. The summed E-state index contributed by atoms with van der Waals surface area (Å²) in [5.74, 6) is 0. The first-order chi connectivity index (χ1) is 10.0. The summed E-state index contributed by atoms with van der Waals surface area (Å²) in [6.07, 6.45) is 0. The minimum atomic E-state index is -5.25. The third-order valence-electron chi connectivity index (χ3n) is 1.49. The van der Waals surface area contributed by atoms with Crippen LogP contribution in [0.5, 0.6) is 0 Å². The number of ether oxygens (including phenoxy) is 4. The molecule has 2 heterocycles. The molecule has 0 spiro atoms. The fourth-order valence-electron chi connectivity index (χ4n) is 0.880. The topological polar surface area (TPSA) is 186 Å². The summed E-state index contributed by atoms with van der Waals surface area (Å²) in [6, 6.07) is 0. The maximum absolute atomic E-state index is 8.82. The Morgan fingerprint density at radius 3 is 0.591 bits per heavy atom. The molecule has 0 bridgehead atoms. The normalized spacial score (nSPS) is 18.4. The molecule has 22 heavy (non-hydrogen) atoms. The molecule has 0 unspecified atom stereocenters. The molecule has 2 saturated heterocycles. The zero-order chi connectivity index (χ0) is 17.5. The zero-order valence-electron chi connectivity index (χ0n) is 11.5. The van der Waals surface area contributed by atoms with E-state index in [0.29, 0.717) is 0 Å². The van der Waals surface area contributed by atoms with Crippen LogP contribution in [0.4, 0.5) is 0 Å². The van der Waals surface area contributed by atoms with Gasteiger partial charge >= 0.3 is 58.8 Å². The Morgan fingerprint density at radius 1 is 0.455 bits per heavy atom. The Bertz CT molecular complexity index is 341. The van der Waals surface area contributed by atoms with Crippen molar-refractivity contribution < 1.29 is 51.0 Å². The third kappa shape index (κ3) is 50.2. The van der Waals surface area contributed by atoms with Crippen molar-refractivity contribution in [1.29, 1.82) is 0 Å². The average Bonchev–Trinajstić information content (AvgIpc) is 2.40. The number of rotatable bonds is 0. The SMILES string of the molecule is C1COCCO1.C1COCCO1.O=[Se](=O)(O)O.O=[Se](=O)(O)O. The van der Waals surface area contributed by atoms with Crippen molar-refractivity contribution in [3.8, 4) is 0 Å². The van der Waals surface area contributed by atoms with Crippen molar-refractivity contribution in [2.75, 3.05) is 52.9 Å². The summed E-state index contributed by atoms with van der Waals surface area (Å²) >= 11 is -10.5. The Balaban J connectivity index is 0. The van der Waals surface area contributed by atoms with Crippen molar-refractivity contribution in [3.63, 3.8) is 0 Å². The molecular weight excluding hydrogens is 446 g/mol. The van der Waals surface area contributed by atoms with Crippen LogP contribution < -0.4 is 0 Å². The molecule has 2 aliphatic heterocycles. The summed E-state index contributed by atoms with van der Waals surface area (Å²) in [5, 5.41) is 0. The van der Waals surface area contributed by atoms with Crippen molar-refractivity contribution in [2.24, 2.45) is 0 Å². The second-order valence-corrected chi connectivity index (χ2v) is 7.10. The van der Waals surface area contributed by atoms with Gasteiger partial charge in [-0.15, -0.1) is 0 Å². The standard InChI is InChI=1S/2C4H8O2.2H2O4Se/c2*1-2-6-4-3-5-1;2*1-5(2,3)4/h2*1-4H2;2*(H2,1,2,3,4). The molecule has 0 amide bonds. The van der Waals surface area contributed by atoms with E-state index in [9.17, 15) is 0 Å². The summed E-state index contributed by atoms with van der Waals surface area (Å²) in [5.41, 5.74) is 0. The van der Waals surface area contributed by atoms with Crippen LogP contribution in [-0.2, 0) is 34.3 Å². The molecule has 2 aliphatic rings. The molecule has 2 fully saturated rings. The molecule has 0 aromatic heterocycles. The van der Waals surface area contributed by atoms with E-state index in [4.69, 9.17) is 51.0 Å². The molecule has 0 aromatic carbocycles. The fourth-order valence-corrected chi connectivity index (χ4v) is 0.880. The van der Waals surface area contributed by atoms with E-state index in [2.05, 4.69) is 0 Å². The number of hydrogen-bond donors (Lipinski definition) is 4. The second kappa shape index (κ2) is 14.5. The van der Waals surface area contributed by atoms with Crippen molar-refractivity contribution in [2.45, 2.75) is 0 Å². The van der Waals surface area contributed by atoms with E-state index < -0.39 is 26.7 Å². The summed E-state index contributed by atoms with van der Waals surface area (Å²) in [7, 11) is 0. The fraction of sp³-hybridized carbons (Fsp3) is 1.00. The van der Waals surface area contributed by atoms with E-state index in [1.807, 2.05) is 0 Å². The van der Waals surface area contributed by atoms with Gasteiger partial charge in [0.1, 0.15) is 0 Å². The van der Waals surface area contributed by atoms with Gasteiger partial charge in [-0.25, -0.2) is 0 Å². The molecule has 136 valence electrons. The predicted molar refractivity (Wildman–Crippen MR) is 66.4 cm³/mol. The maximum atomic E-state index is 8.82. The Kier molecular flexibility index (Phi) is 15.9. The van der Waals surface area contributed by atoms with Gasteiger partial charge in [-0.05, 0) is 0 Å². The molecule has 4 N–H and O–H groups in total. The average molecular weight is 466 g/mol. The van der Waals surface area contributed by atoms with E-state index in [0.717, 1.165) is 52.9 Å². The molecule has 2 rings (SSSR count). The molecular formula is C8H20O12Se2. The van der Waals surface area contributed by atoms with Gasteiger partial charge < -0.3 is 18.9 Å². The van der Waals surface area contributed by atoms with Gasteiger partial charge in [0, 0.05) is 0 Å². The van der Waals surface area contributed by atoms with Crippen LogP contribution in [0.25, 0.3) is 0 Å². The summed E-state index contributed by atoms with van der Waals surface area (Å²) < 4.78 is 83.5. The summed E-state index contributed by atoms with van der Waals surface area (Å²) in [4.78, 5) is 0. The second-order valence-electron chi connectivity index (χ2n) is 3.35. The molecule has 0 saturated carbocycles. The van der Waals surface area contributed by atoms with Gasteiger partial charge in [0.2, 0.25) is 0 Å². The van der Waals surface area contributed by atoms with Crippen LogP contribution in [0.3, 0.4) is 0 Å². The van der Waals surface area contributed by atoms with Gasteiger partial charge in [-0.1, -0.05) is 0 Å². The van der Waals surface area contributed by atoms with Gasteiger partial charge in [-0.3, -0.25) is 0 Å². The summed E-state index contributed by atoms with van der Waals surface area (Å²) in [6.45, 7) is 6.22. The van der Waals surface area contributed by atoms with Crippen LogP contribution >= 0.6 is 0 Å². The molecule has 0 aliphatic carbocycles. The first kappa shape index (κ1) is 24.2. The molecule has 0 radical (unpaired) electrons. The van der Waals surface area contributed by atoms with E-state index in [-0.39, 0.29) is 0 Å². The van der Waals surface area contributed by atoms with Crippen molar-refractivity contribution >= 4 is 26.7 Å². The van der Waals surface area contributed by atoms with Crippen molar-refractivity contribution in [1.82, 2.24) is 0 Å². The molecule has 12 nitrogen and oxygen atoms in total. The molecule has 0 aromatic rings. The van der Waals surface area contributed by atoms with Crippen molar-refractivity contribution in [3.05, 3.63) is 0 Å². The molecule has 0 atom stereocenters. The Hall–Kier alpha value is -0.0810. The first-order valence-corrected chi connectivity index (χ1v) is 11.6. The van der Waals surface area contributed by atoms with E-state index in [1.54, 1.807) is 0 Å². The number of hydrogen-bond acceptors (Lipinski definition) is 8. The zero-order valence-corrected chi connectivity index (χ0v) is 15.0. The van der Waals surface area contributed by atoms with E-state index in [1.165, 1.54) is 0 Å². The molecule has 14 heteroatoms. The van der Waals surface area contributed by atoms with Crippen LogP contribution in [0, 0.1) is 0 Å². The predicted octanol–water partition coefficient (Wildman–Crippen LogP) is -3.40. The third-order valence-corrected chi connectivity index (χ3v) is 1.49.